The van der Waals surface area contributed by atoms with Gasteiger partial charge in [0.15, 0.2) is 0 Å². The molecule has 0 saturated heterocycles. The van der Waals surface area contributed by atoms with Gasteiger partial charge in [-0.1, -0.05) is 20.3 Å². The molecule has 0 fully saturated rings. The maximum absolute atomic E-state index is 8.42. The Morgan fingerprint density at radius 3 is 2.50 bits per heavy atom. The van der Waals surface area contributed by atoms with E-state index in [0.29, 0.717) is 12.5 Å². The molecule has 70 valence electrons. The summed E-state index contributed by atoms with van der Waals surface area (Å²) >= 11 is 0. The molecular formula is C10H20N2. The van der Waals surface area contributed by atoms with Crippen molar-refractivity contribution in [1.82, 2.24) is 4.90 Å². The number of hydrogen-bond acceptors (Lipinski definition) is 2. The Bertz CT molecular complexity index is 137. The lowest BCUT2D eigenvalue weighted by Crippen LogP contribution is -2.31. The molecule has 0 rings (SSSR count). The van der Waals surface area contributed by atoms with Crippen LogP contribution in [0.3, 0.4) is 0 Å². The zero-order chi connectivity index (χ0) is 9.40. The fourth-order valence-electron chi connectivity index (χ4n) is 1.48. The van der Waals surface area contributed by atoms with E-state index in [-0.39, 0.29) is 0 Å². The van der Waals surface area contributed by atoms with E-state index >= 15 is 0 Å². The van der Waals surface area contributed by atoms with Gasteiger partial charge in [0.25, 0.3) is 0 Å². The minimum atomic E-state index is 0.650. The summed E-state index contributed by atoms with van der Waals surface area (Å²) in [5, 5.41) is 8.42. The highest BCUT2D eigenvalue weighted by Crippen LogP contribution is 2.08. The van der Waals surface area contributed by atoms with Crippen LogP contribution in [0.15, 0.2) is 0 Å². The second-order valence-corrected chi connectivity index (χ2v) is 3.24. The first-order valence-electron chi connectivity index (χ1n) is 4.83. The maximum Gasteiger partial charge on any atom is 0.0635 e. The fourth-order valence-corrected chi connectivity index (χ4v) is 1.48. The molecule has 0 aromatic heterocycles. The van der Waals surface area contributed by atoms with Crippen LogP contribution in [0, 0.1) is 11.3 Å². The number of nitrogens with zero attached hydrogens (tertiary/aromatic N) is 2. The van der Waals surface area contributed by atoms with Crippen LogP contribution < -0.4 is 0 Å². The maximum atomic E-state index is 8.42. The minimum Gasteiger partial charge on any atom is -0.302 e. The Morgan fingerprint density at radius 1 is 1.42 bits per heavy atom. The third kappa shape index (κ3) is 4.35. The number of nitriles is 1. The van der Waals surface area contributed by atoms with Gasteiger partial charge in [0.2, 0.25) is 0 Å². The largest absolute Gasteiger partial charge is 0.302 e. The molecular weight excluding hydrogens is 148 g/mol. The second-order valence-electron chi connectivity index (χ2n) is 3.24. The molecule has 1 atom stereocenters. The van der Waals surface area contributed by atoms with Gasteiger partial charge in [-0.2, -0.15) is 5.26 Å². The van der Waals surface area contributed by atoms with Crippen LogP contribution in [0.4, 0.5) is 0 Å². The average molecular weight is 168 g/mol. The van der Waals surface area contributed by atoms with Gasteiger partial charge in [-0.15, -0.1) is 0 Å². The van der Waals surface area contributed by atoms with E-state index in [2.05, 4.69) is 31.9 Å². The lowest BCUT2D eigenvalue weighted by Gasteiger charge is -2.25. The topological polar surface area (TPSA) is 27.0 Å². The van der Waals surface area contributed by atoms with E-state index < -0.39 is 0 Å². The summed E-state index contributed by atoms with van der Waals surface area (Å²) < 4.78 is 0. The molecule has 0 spiro atoms. The molecule has 0 aromatic carbocycles. The Balaban J connectivity index is 3.69. The summed E-state index contributed by atoms with van der Waals surface area (Å²) in [5.74, 6) is 0. The van der Waals surface area contributed by atoms with E-state index in [9.17, 15) is 0 Å². The summed E-state index contributed by atoms with van der Waals surface area (Å²) in [7, 11) is 2.11. The zero-order valence-corrected chi connectivity index (χ0v) is 8.51. The van der Waals surface area contributed by atoms with Crippen LogP contribution >= 0.6 is 0 Å². The zero-order valence-electron chi connectivity index (χ0n) is 8.51. The molecule has 0 aliphatic rings. The van der Waals surface area contributed by atoms with Crippen LogP contribution in [0.1, 0.15) is 39.5 Å². The highest BCUT2D eigenvalue weighted by atomic mass is 15.1. The smallest absolute Gasteiger partial charge is 0.0635 e. The lowest BCUT2D eigenvalue weighted by molar-refractivity contribution is 0.227. The summed E-state index contributed by atoms with van der Waals surface area (Å²) in [6.07, 6.45) is 4.32. The van der Waals surface area contributed by atoms with E-state index in [1.165, 1.54) is 19.3 Å². The molecule has 0 aliphatic heterocycles. The first-order valence-corrected chi connectivity index (χ1v) is 4.83. The lowest BCUT2D eigenvalue weighted by atomic mass is 10.1. The molecule has 0 N–H and O–H groups in total. The average Bonchev–Trinajstić information content (AvgIpc) is 2.10. The monoisotopic (exact) mass is 168 g/mol. The normalized spacial score (nSPS) is 12.9. The molecule has 0 aliphatic carbocycles. The predicted molar refractivity (Wildman–Crippen MR) is 51.8 cm³/mol. The second kappa shape index (κ2) is 7.12. The first-order chi connectivity index (χ1) is 5.76. The van der Waals surface area contributed by atoms with E-state index in [1.807, 2.05) is 0 Å². The van der Waals surface area contributed by atoms with Crippen LogP contribution in [-0.4, -0.2) is 24.5 Å². The van der Waals surface area contributed by atoms with Crippen molar-refractivity contribution in [3.05, 3.63) is 0 Å². The van der Waals surface area contributed by atoms with E-state index in [4.69, 9.17) is 5.26 Å². The van der Waals surface area contributed by atoms with Gasteiger partial charge in [-0.05, 0) is 19.9 Å². The van der Waals surface area contributed by atoms with Gasteiger partial charge in [-0.3, -0.25) is 0 Å². The summed E-state index contributed by atoms with van der Waals surface area (Å²) in [6, 6.07) is 2.85. The number of hydrogen-bond donors (Lipinski definition) is 0. The predicted octanol–water partition coefficient (Wildman–Crippen LogP) is 2.41. The van der Waals surface area contributed by atoms with Crippen LogP contribution in [-0.2, 0) is 0 Å². The minimum absolute atomic E-state index is 0.650. The van der Waals surface area contributed by atoms with Crippen LogP contribution in [0.25, 0.3) is 0 Å². The molecule has 1 unspecified atom stereocenters. The van der Waals surface area contributed by atoms with Gasteiger partial charge in [0, 0.05) is 19.0 Å². The molecule has 2 heteroatoms. The molecule has 0 bridgehead atoms. The van der Waals surface area contributed by atoms with Crippen molar-refractivity contribution < 1.29 is 0 Å². The Morgan fingerprint density at radius 2 is 2.08 bits per heavy atom. The molecule has 0 heterocycles. The SMILES string of the molecule is CCCC(CC)N(C)CCC#N. The molecule has 0 amide bonds. The van der Waals surface area contributed by atoms with Crippen molar-refractivity contribution in [3.63, 3.8) is 0 Å². The molecule has 12 heavy (non-hydrogen) atoms. The summed E-state index contributed by atoms with van der Waals surface area (Å²) in [4.78, 5) is 2.30. The molecule has 0 saturated carbocycles. The third-order valence-corrected chi connectivity index (χ3v) is 2.29. The van der Waals surface area contributed by atoms with Crippen LogP contribution in [0.2, 0.25) is 0 Å². The van der Waals surface area contributed by atoms with Crippen molar-refractivity contribution in [3.8, 4) is 6.07 Å². The third-order valence-electron chi connectivity index (χ3n) is 2.29. The van der Waals surface area contributed by atoms with Gasteiger partial charge in [-0.25, -0.2) is 0 Å². The van der Waals surface area contributed by atoms with Crippen molar-refractivity contribution >= 4 is 0 Å². The van der Waals surface area contributed by atoms with Crippen molar-refractivity contribution in [2.75, 3.05) is 13.6 Å². The van der Waals surface area contributed by atoms with Gasteiger partial charge in [0.1, 0.15) is 0 Å². The number of rotatable bonds is 6. The first kappa shape index (κ1) is 11.4. The fraction of sp³-hybridized carbons (Fsp3) is 0.900. The molecule has 0 aromatic rings. The Hall–Kier alpha value is -0.550. The van der Waals surface area contributed by atoms with Gasteiger partial charge < -0.3 is 4.90 Å². The molecule has 0 radical (unpaired) electrons. The van der Waals surface area contributed by atoms with Gasteiger partial charge >= 0.3 is 0 Å². The van der Waals surface area contributed by atoms with Crippen molar-refractivity contribution in [2.24, 2.45) is 0 Å². The van der Waals surface area contributed by atoms with Gasteiger partial charge in [0.05, 0.1) is 6.07 Å². The standard InChI is InChI=1S/C10H20N2/c1-4-7-10(5-2)12(3)9-6-8-11/h10H,4-7,9H2,1-3H3. The Kier molecular flexibility index (Phi) is 6.79. The van der Waals surface area contributed by atoms with Crippen LogP contribution in [0.5, 0.6) is 0 Å². The highest BCUT2D eigenvalue weighted by Gasteiger charge is 2.10. The van der Waals surface area contributed by atoms with E-state index in [1.54, 1.807) is 0 Å². The summed E-state index contributed by atoms with van der Waals surface area (Å²) in [5.41, 5.74) is 0. The van der Waals surface area contributed by atoms with Crippen molar-refractivity contribution in [1.29, 1.82) is 5.26 Å². The van der Waals surface area contributed by atoms with Crippen molar-refractivity contribution in [2.45, 2.75) is 45.6 Å². The van der Waals surface area contributed by atoms with E-state index in [0.717, 1.165) is 6.54 Å². The Labute approximate surface area is 76.2 Å². The molecule has 2 nitrogen and oxygen atoms in total. The highest BCUT2D eigenvalue weighted by molar-refractivity contribution is 4.74. The summed E-state index contributed by atoms with van der Waals surface area (Å²) in [6.45, 7) is 5.33. The quantitative estimate of drug-likeness (QED) is 0.609.